The molecule has 0 aromatic heterocycles. The van der Waals surface area contributed by atoms with E-state index in [1.807, 2.05) is 67.8 Å². The Bertz CT molecular complexity index is 946. The molecule has 1 aromatic carbocycles. The maximum atomic E-state index is 13.3. The second-order valence-corrected chi connectivity index (χ2v) is 8.45. The number of nitrogens with zero attached hydrogens (tertiary/aromatic N) is 2. The number of fused-ring (bicyclic) bond motifs is 1. The molecule has 5 nitrogen and oxygen atoms in total. The number of esters is 1. The molecular weight excluding hydrogens is 436 g/mol. The van der Waals surface area contributed by atoms with E-state index in [-0.39, 0.29) is 24.5 Å². The van der Waals surface area contributed by atoms with Crippen LogP contribution in [0.3, 0.4) is 0 Å². The van der Waals surface area contributed by atoms with Crippen LogP contribution in [0.1, 0.15) is 59.4 Å². The molecule has 2 atom stereocenters. The summed E-state index contributed by atoms with van der Waals surface area (Å²) < 4.78 is 5.47. The van der Waals surface area contributed by atoms with Crippen LogP contribution in [0.25, 0.3) is 0 Å². The highest BCUT2D eigenvalue weighted by atomic mass is 16.5. The van der Waals surface area contributed by atoms with Crippen LogP contribution >= 0.6 is 0 Å². The fourth-order valence-corrected chi connectivity index (χ4v) is 4.81. The Balaban J connectivity index is 0.00000210. The third kappa shape index (κ3) is 6.97. The molecular formula is C30H42N2O3. The van der Waals surface area contributed by atoms with Crippen molar-refractivity contribution in [3.05, 3.63) is 83.6 Å². The van der Waals surface area contributed by atoms with Crippen LogP contribution in [0.15, 0.2) is 78.1 Å². The van der Waals surface area contributed by atoms with E-state index in [4.69, 9.17) is 4.74 Å². The quantitative estimate of drug-likeness (QED) is 0.418. The fourth-order valence-electron chi connectivity index (χ4n) is 4.81. The molecule has 2 unspecified atom stereocenters. The summed E-state index contributed by atoms with van der Waals surface area (Å²) in [5.41, 5.74) is 4.50. The van der Waals surface area contributed by atoms with Crippen molar-refractivity contribution in [2.75, 3.05) is 19.7 Å². The molecule has 1 aromatic rings. The molecule has 0 N–H and O–H groups in total. The number of amides is 1. The monoisotopic (exact) mass is 478 g/mol. The highest BCUT2D eigenvalue weighted by Gasteiger charge is 2.43. The van der Waals surface area contributed by atoms with E-state index >= 15 is 0 Å². The molecule has 2 aliphatic rings. The third-order valence-corrected chi connectivity index (χ3v) is 6.35. The van der Waals surface area contributed by atoms with E-state index in [0.717, 1.165) is 29.7 Å². The molecule has 0 spiro atoms. The van der Waals surface area contributed by atoms with Gasteiger partial charge in [-0.15, -0.1) is 0 Å². The largest absolute Gasteiger partial charge is 0.464 e. The van der Waals surface area contributed by atoms with Gasteiger partial charge in [-0.1, -0.05) is 82.0 Å². The van der Waals surface area contributed by atoms with Crippen LogP contribution in [0.2, 0.25) is 0 Å². The number of piperazine rings is 1. The first-order chi connectivity index (χ1) is 17.0. The molecule has 2 heterocycles. The first kappa shape index (κ1) is 28.2. The summed E-state index contributed by atoms with van der Waals surface area (Å²) in [5.74, 6) is -0.214. The molecule has 1 saturated heterocycles. The number of carbonyl (C=O) groups is 2. The zero-order chi connectivity index (χ0) is 25.8. The number of allylic oxidation sites excluding steroid dienone is 3. The third-order valence-electron chi connectivity index (χ3n) is 6.35. The highest BCUT2D eigenvalue weighted by molar-refractivity contribution is 5.84. The first-order valence-electron chi connectivity index (χ1n) is 13.0. The molecule has 190 valence electrons. The van der Waals surface area contributed by atoms with Crippen LogP contribution in [0.5, 0.6) is 0 Å². The average molecular weight is 479 g/mol. The standard InChI is InChI=1S/C28H36N2O3.C2H6/c1-5-12-23-19-30-26(18-22(23)7-3)24(13-6-2)29(20-27(30)31)25(28(32)33-8-4)17-16-21-14-10-9-11-15-21;1-2/h5,7,9-15,25-26H,3,6,8,16-20H2,1-2,4H3;1-2H3/b12-5-,24-13-;. The highest BCUT2D eigenvalue weighted by Crippen LogP contribution is 2.35. The number of aryl methyl sites for hydroxylation is 1. The Morgan fingerprint density at radius 1 is 1.17 bits per heavy atom. The van der Waals surface area contributed by atoms with E-state index in [9.17, 15) is 9.59 Å². The zero-order valence-electron chi connectivity index (χ0n) is 22.1. The fraction of sp³-hybridized carbons (Fsp3) is 0.467. The van der Waals surface area contributed by atoms with Crippen LogP contribution < -0.4 is 0 Å². The molecule has 2 aliphatic heterocycles. The molecule has 0 saturated carbocycles. The van der Waals surface area contributed by atoms with Crippen molar-refractivity contribution in [1.29, 1.82) is 0 Å². The van der Waals surface area contributed by atoms with Gasteiger partial charge in [-0.2, -0.15) is 0 Å². The Kier molecular flexibility index (Phi) is 11.5. The summed E-state index contributed by atoms with van der Waals surface area (Å²) in [7, 11) is 0. The summed E-state index contributed by atoms with van der Waals surface area (Å²) in [6.45, 7) is 15.0. The lowest BCUT2D eigenvalue weighted by Gasteiger charge is -2.48. The van der Waals surface area contributed by atoms with Gasteiger partial charge in [0.05, 0.1) is 19.2 Å². The summed E-state index contributed by atoms with van der Waals surface area (Å²) in [6, 6.07) is 9.55. The van der Waals surface area contributed by atoms with Crippen molar-refractivity contribution >= 4 is 11.9 Å². The second kappa shape index (κ2) is 14.3. The topological polar surface area (TPSA) is 49.9 Å². The van der Waals surface area contributed by atoms with Crippen LogP contribution in [0.4, 0.5) is 0 Å². The van der Waals surface area contributed by atoms with E-state index in [0.29, 0.717) is 26.0 Å². The average Bonchev–Trinajstić information content (AvgIpc) is 2.88. The van der Waals surface area contributed by atoms with Gasteiger partial charge in [0.2, 0.25) is 5.91 Å². The second-order valence-electron chi connectivity index (χ2n) is 8.45. The lowest BCUT2D eigenvalue weighted by Crippen LogP contribution is -2.60. The van der Waals surface area contributed by atoms with Gasteiger partial charge >= 0.3 is 5.97 Å². The first-order valence-corrected chi connectivity index (χ1v) is 13.0. The Labute approximate surface area is 211 Å². The van der Waals surface area contributed by atoms with E-state index < -0.39 is 6.04 Å². The van der Waals surface area contributed by atoms with E-state index in [1.54, 1.807) is 0 Å². The Hall–Kier alpha value is -3.08. The lowest BCUT2D eigenvalue weighted by molar-refractivity contribution is -0.152. The van der Waals surface area contributed by atoms with Gasteiger partial charge in [-0.3, -0.25) is 4.79 Å². The van der Waals surface area contributed by atoms with E-state index in [2.05, 4.69) is 37.8 Å². The number of hydrogen-bond donors (Lipinski definition) is 0. The number of carbonyl (C=O) groups excluding carboxylic acids is 2. The molecule has 35 heavy (non-hydrogen) atoms. The smallest absolute Gasteiger partial charge is 0.328 e. The summed E-state index contributed by atoms with van der Waals surface area (Å²) in [4.78, 5) is 30.4. The normalized spacial score (nSPS) is 19.9. The van der Waals surface area contributed by atoms with Gasteiger partial charge in [0.1, 0.15) is 6.04 Å². The van der Waals surface area contributed by atoms with Crippen molar-refractivity contribution in [3.63, 3.8) is 0 Å². The molecule has 0 radical (unpaired) electrons. The Morgan fingerprint density at radius 2 is 1.89 bits per heavy atom. The number of rotatable bonds is 9. The van der Waals surface area contributed by atoms with Gasteiger partial charge in [0.15, 0.2) is 0 Å². The Morgan fingerprint density at radius 3 is 2.49 bits per heavy atom. The van der Waals surface area contributed by atoms with E-state index in [1.165, 1.54) is 5.56 Å². The predicted molar refractivity (Wildman–Crippen MR) is 144 cm³/mol. The SMILES string of the molecule is C=CC1=C(/C=C\C)CN2C(=O)CN(C(CCc3ccccc3)C(=O)OCC)/C(=C\CC)C2C1.CC. The summed E-state index contributed by atoms with van der Waals surface area (Å²) in [5, 5.41) is 0. The van der Waals surface area contributed by atoms with Crippen molar-refractivity contribution in [2.24, 2.45) is 0 Å². The minimum atomic E-state index is -0.498. The van der Waals surface area contributed by atoms with Crippen LogP contribution in [-0.2, 0) is 20.7 Å². The lowest BCUT2D eigenvalue weighted by atomic mass is 9.88. The molecule has 1 fully saturated rings. The number of benzene rings is 1. The van der Waals surface area contributed by atoms with Crippen molar-refractivity contribution in [2.45, 2.75) is 72.4 Å². The maximum Gasteiger partial charge on any atom is 0.328 e. The van der Waals surface area contributed by atoms with Gasteiger partial charge in [0, 0.05) is 12.2 Å². The van der Waals surface area contributed by atoms with Crippen molar-refractivity contribution in [3.8, 4) is 0 Å². The van der Waals surface area contributed by atoms with Gasteiger partial charge in [-0.25, -0.2) is 4.79 Å². The molecule has 5 heteroatoms. The van der Waals surface area contributed by atoms with Crippen molar-refractivity contribution in [1.82, 2.24) is 9.80 Å². The van der Waals surface area contributed by atoms with Crippen LogP contribution in [-0.4, -0.2) is 53.5 Å². The number of hydrogen-bond acceptors (Lipinski definition) is 4. The minimum Gasteiger partial charge on any atom is -0.464 e. The predicted octanol–water partition coefficient (Wildman–Crippen LogP) is 5.85. The van der Waals surface area contributed by atoms with Crippen molar-refractivity contribution < 1.29 is 14.3 Å². The van der Waals surface area contributed by atoms with Crippen LogP contribution in [0, 0.1) is 0 Å². The molecule has 0 aliphatic carbocycles. The number of ether oxygens (including phenoxy) is 1. The maximum absolute atomic E-state index is 13.3. The molecule has 0 bridgehead atoms. The molecule has 1 amide bonds. The van der Waals surface area contributed by atoms with Gasteiger partial charge < -0.3 is 14.5 Å². The summed E-state index contributed by atoms with van der Waals surface area (Å²) >= 11 is 0. The minimum absolute atomic E-state index is 0.0485. The van der Waals surface area contributed by atoms with Gasteiger partial charge in [0.25, 0.3) is 0 Å². The zero-order valence-corrected chi connectivity index (χ0v) is 22.1. The molecule has 3 rings (SSSR count). The summed E-state index contributed by atoms with van der Waals surface area (Å²) in [6.07, 6.45) is 11.0. The van der Waals surface area contributed by atoms with Gasteiger partial charge in [-0.05, 0) is 56.2 Å².